The first-order chi connectivity index (χ1) is 10.3. The van der Waals surface area contributed by atoms with E-state index in [-0.39, 0.29) is 0 Å². The molecule has 1 heterocycles. The van der Waals surface area contributed by atoms with Crippen molar-refractivity contribution in [1.82, 2.24) is 5.32 Å². The van der Waals surface area contributed by atoms with E-state index in [1.807, 2.05) is 11.3 Å². The van der Waals surface area contributed by atoms with Gasteiger partial charge in [0.1, 0.15) is 0 Å². The molecule has 21 heavy (non-hydrogen) atoms. The van der Waals surface area contributed by atoms with Gasteiger partial charge in [-0.05, 0) is 54.8 Å². The summed E-state index contributed by atoms with van der Waals surface area (Å²) in [6, 6.07) is 18.1. The van der Waals surface area contributed by atoms with Crippen molar-refractivity contribution in [2.24, 2.45) is 0 Å². The lowest BCUT2D eigenvalue weighted by Crippen LogP contribution is -2.17. The Morgan fingerprint density at radius 1 is 1.05 bits per heavy atom. The van der Waals surface area contributed by atoms with Crippen LogP contribution in [0.5, 0.6) is 0 Å². The zero-order valence-electron chi connectivity index (χ0n) is 12.6. The summed E-state index contributed by atoms with van der Waals surface area (Å²) in [4.78, 5) is 0. The molecule has 1 nitrogen and oxygen atoms in total. The molecule has 3 rings (SSSR count). The lowest BCUT2D eigenvalue weighted by Gasteiger charge is -2.17. The lowest BCUT2D eigenvalue weighted by atomic mass is 9.98. The van der Waals surface area contributed by atoms with Crippen LogP contribution in [0.3, 0.4) is 0 Å². The minimum Gasteiger partial charge on any atom is -0.313 e. The molecule has 0 spiro atoms. The number of hydrogen-bond acceptors (Lipinski definition) is 2. The highest BCUT2D eigenvalue weighted by Crippen LogP contribution is 2.30. The molecular weight excluding hydrogens is 274 g/mol. The second kappa shape index (κ2) is 6.42. The summed E-state index contributed by atoms with van der Waals surface area (Å²) >= 11 is 1.84. The fourth-order valence-corrected chi connectivity index (χ4v) is 3.78. The number of benzene rings is 2. The van der Waals surface area contributed by atoms with Crippen LogP contribution in [0.2, 0.25) is 0 Å². The summed E-state index contributed by atoms with van der Waals surface area (Å²) in [5.74, 6) is 0. The standard InChI is InChI=1S/C19H21NS/c1-14-6-8-15(9-7-14)10-11-18(20-2)17-5-3-4-16-12-13-21-19(16)17/h3-9,12-13,18,20H,10-11H2,1-2H3. The third kappa shape index (κ3) is 3.17. The topological polar surface area (TPSA) is 12.0 Å². The number of fused-ring (bicyclic) bond motifs is 1. The van der Waals surface area contributed by atoms with Gasteiger partial charge in [-0.15, -0.1) is 11.3 Å². The van der Waals surface area contributed by atoms with Crippen molar-refractivity contribution < 1.29 is 0 Å². The molecule has 108 valence electrons. The third-order valence-electron chi connectivity index (χ3n) is 4.08. The zero-order chi connectivity index (χ0) is 14.7. The summed E-state index contributed by atoms with van der Waals surface area (Å²) < 4.78 is 1.42. The van der Waals surface area contributed by atoms with Gasteiger partial charge in [-0.1, -0.05) is 48.0 Å². The van der Waals surface area contributed by atoms with Crippen LogP contribution in [0, 0.1) is 6.92 Å². The Morgan fingerprint density at radius 3 is 2.62 bits per heavy atom. The van der Waals surface area contributed by atoms with Gasteiger partial charge in [0.25, 0.3) is 0 Å². The van der Waals surface area contributed by atoms with Crippen LogP contribution < -0.4 is 5.32 Å². The average molecular weight is 295 g/mol. The van der Waals surface area contributed by atoms with Crippen molar-refractivity contribution in [3.05, 3.63) is 70.6 Å². The highest BCUT2D eigenvalue weighted by atomic mass is 32.1. The summed E-state index contributed by atoms with van der Waals surface area (Å²) in [7, 11) is 2.06. The minimum absolute atomic E-state index is 0.411. The van der Waals surface area contributed by atoms with Crippen molar-refractivity contribution in [1.29, 1.82) is 0 Å². The SMILES string of the molecule is CNC(CCc1ccc(C)cc1)c1cccc2ccsc12. The van der Waals surface area contributed by atoms with E-state index in [9.17, 15) is 0 Å². The van der Waals surface area contributed by atoms with Crippen LogP contribution in [0.1, 0.15) is 29.2 Å². The van der Waals surface area contributed by atoms with Gasteiger partial charge in [-0.3, -0.25) is 0 Å². The maximum Gasteiger partial charge on any atom is 0.0390 e. The van der Waals surface area contributed by atoms with Crippen molar-refractivity contribution in [2.45, 2.75) is 25.8 Å². The van der Waals surface area contributed by atoms with E-state index in [1.54, 1.807) is 0 Å². The summed E-state index contributed by atoms with van der Waals surface area (Å²) in [5, 5.41) is 7.02. The highest BCUT2D eigenvalue weighted by Gasteiger charge is 2.13. The second-order valence-electron chi connectivity index (χ2n) is 5.55. The molecular formula is C19H21NS. The Balaban J connectivity index is 1.79. The predicted octanol–water partition coefficient (Wildman–Crippen LogP) is 5.10. The molecule has 0 radical (unpaired) electrons. The first kappa shape index (κ1) is 14.3. The summed E-state index contributed by atoms with van der Waals surface area (Å²) in [6.45, 7) is 2.14. The van der Waals surface area contributed by atoms with Crippen LogP contribution >= 0.6 is 11.3 Å². The highest BCUT2D eigenvalue weighted by molar-refractivity contribution is 7.17. The Morgan fingerprint density at radius 2 is 1.86 bits per heavy atom. The van der Waals surface area contributed by atoms with Gasteiger partial charge < -0.3 is 5.32 Å². The smallest absolute Gasteiger partial charge is 0.0390 e. The third-order valence-corrected chi connectivity index (χ3v) is 5.05. The van der Waals surface area contributed by atoms with Crippen LogP contribution in [-0.4, -0.2) is 7.05 Å². The summed E-state index contributed by atoms with van der Waals surface area (Å²) in [5.41, 5.74) is 4.17. The molecule has 3 aromatic rings. The Bertz CT molecular complexity index is 712. The molecule has 2 aromatic carbocycles. The van der Waals surface area contributed by atoms with Gasteiger partial charge in [0.2, 0.25) is 0 Å². The van der Waals surface area contributed by atoms with E-state index < -0.39 is 0 Å². The number of nitrogens with one attached hydrogen (secondary N) is 1. The minimum atomic E-state index is 0.411. The van der Waals surface area contributed by atoms with E-state index in [0.29, 0.717) is 6.04 Å². The number of hydrogen-bond donors (Lipinski definition) is 1. The van der Waals surface area contributed by atoms with E-state index in [0.717, 1.165) is 12.8 Å². The first-order valence-electron chi connectivity index (χ1n) is 7.47. The van der Waals surface area contributed by atoms with Gasteiger partial charge in [0.05, 0.1) is 0 Å². The number of rotatable bonds is 5. The molecule has 0 saturated carbocycles. The Labute approximate surface area is 130 Å². The number of aryl methyl sites for hydroxylation is 2. The van der Waals surface area contributed by atoms with Crippen LogP contribution in [-0.2, 0) is 6.42 Å². The van der Waals surface area contributed by atoms with Gasteiger partial charge in [-0.2, -0.15) is 0 Å². The molecule has 0 amide bonds. The molecule has 2 heteroatoms. The predicted molar refractivity (Wildman–Crippen MR) is 93.1 cm³/mol. The molecule has 1 N–H and O–H groups in total. The van der Waals surface area contributed by atoms with Crippen LogP contribution in [0.4, 0.5) is 0 Å². The van der Waals surface area contributed by atoms with Crippen molar-refractivity contribution in [3.63, 3.8) is 0 Å². The van der Waals surface area contributed by atoms with Crippen molar-refractivity contribution in [3.8, 4) is 0 Å². The molecule has 0 bridgehead atoms. The van der Waals surface area contributed by atoms with E-state index in [4.69, 9.17) is 0 Å². The molecule has 0 aliphatic rings. The zero-order valence-corrected chi connectivity index (χ0v) is 13.4. The molecule has 1 unspecified atom stereocenters. The Hall–Kier alpha value is -1.64. The first-order valence-corrected chi connectivity index (χ1v) is 8.35. The fraction of sp³-hybridized carbons (Fsp3) is 0.263. The quantitative estimate of drug-likeness (QED) is 0.690. The monoisotopic (exact) mass is 295 g/mol. The average Bonchev–Trinajstić information content (AvgIpc) is 2.99. The number of thiophene rings is 1. The van der Waals surface area contributed by atoms with Crippen molar-refractivity contribution in [2.75, 3.05) is 7.05 Å². The summed E-state index contributed by atoms with van der Waals surface area (Å²) in [6.07, 6.45) is 2.23. The van der Waals surface area contributed by atoms with Gasteiger partial charge in [0, 0.05) is 10.7 Å². The second-order valence-corrected chi connectivity index (χ2v) is 6.47. The van der Waals surface area contributed by atoms with E-state index >= 15 is 0 Å². The van der Waals surface area contributed by atoms with Gasteiger partial charge >= 0.3 is 0 Å². The lowest BCUT2D eigenvalue weighted by molar-refractivity contribution is 0.553. The molecule has 0 aliphatic heterocycles. The molecule has 1 atom stereocenters. The van der Waals surface area contributed by atoms with E-state index in [1.165, 1.54) is 26.8 Å². The maximum absolute atomic E-state index is 3.49. The van der Waals surface area contributed by atoms with Crippen molar-refractivity contribution >= 4 is 21.4 Å². The largest absolute Gasteiger partial charge is 0.313 e. The van der Waals surface area contributed by atoms with Crippen LogP contribution in [0.25, 0.3) is 10.1 Å². The normalized spacial score (nSPS) is 12.7. The molecule has 1 aromatic heterocycles. The molecule has 0 fully saturated rings. The Kier molecular flexibility index (Phi) is 4.37. The molecule has 0 aliphatic carbocycles. The molecule has 0 saturated heterocycles. The van der Waals surface area contributed by atoms with Crippen LogP contribution in [0.15, 0.2) is 53.9 Å². The maximum atomic E-state index is 3.49. The van der Waals surface area contributed by atoms with E-state index in [2.05, 4.69) is 73.2 Å². The van der Waals surface area contributed by atoms with Gasteiger partial charge in [0.15, 0.2) is 0 Å². The fourth-order valence-electron chi connectivity index (χ4n) is 2.81. The van der Waals surface area contributed by atoms with Gasteiger partial charge in [-0.25, -0.2) is 0 Å².